The molecule has 1 N–H and O–H groups in total. The summed E-state index contributed by atoms with van der Waals surface area (Å²) in [5.74, 6) is 0. The van der Waals surface area contributed by atoms with Crippen molar-refractivity contribution in [2.45, 2.75) is 19.9 Å². The molecule has 1 atom stereocenters. The fourth-order valence-electron chi connectivity index (χ4n) is 2.02. The van der Waals surface area contributed by atoms with Crippen molar-refractivity contribution in [2.24, 2.45) is 0 Å². The largest absolute Gasteiger partial charge is 0.377 e. The van der Waals surface area contributed by atoms with E-state index in [0.717, 1.165) is 15.7 Å². The molecule has 0 aromatic heterocycles. The van der Waals surface area contributed by atoms with Crippen LogP contribution < -0.4 is 5.32 Å². The molecule has 0 fully saturated rings. The summed E-state index contributed by atoms with van der Waals surface area (Å²) in [5.41, 5.74) is 2.41. The molecule has 2 aromatic rings. The van der Waals surface area contributed by atoms with E-state index in [2.05, 4.69) is 21.2 Å². The van der Waals surface area contributed by atoms with Crippen LogP contribution in [0.15, 0.2) is 40.9 Å². The first kappa shape index (κ1) is 15.8. The van der Waals surface area contributed by atoms with Crippen LogP contribution in [0.25, 0.3) is 0 Å². The molecular formula is C15H14BrClN2O2. The van der Waals surface area contributed by atoms with Crippen LogP contribution in [0.4, 0.5) is 11.4 Å². The second-order valence-corrected chi connectivity index (χ2v) is 6.12. The Balaban J connectivity index is 2.26. The summed E-state index contributed by atoms with van der Waals surface area (Å²) in [6.07, 6.45) is 0. The number of hydrogen-bond donors (Lipinski definition) is 1. The van der Waals surface area contributed by atoms with E-state index in [4.69, 9.17) is 11.6 Å². The molecule has 2 rings (SSSR count). The molecule has 6 heteroatoms. The maximum Gasteiger partial charge on any atom is 0.272 e. The first-order valence-electron chi connectivity index (χ1n) is 6.35. The molecule has 0 radical (unpaired) electrons. The van der Waals surface area contributed by atoms with E-state index >= 15 is 0 Å². The first-order valence-corrected chi connectivity index (χ1v) is 7.52. The molecule has 0 saturated carbocycles. The number of nitro groups is 1. The average molecular weight is 370 g/mol. The van der Waals surface area contributed by atoms with Gasteiger partial charge in [-0.05, 0) is 37.6 Å². The van der Waals surface area contributed by atoms with Crippen molar-refractivity contribution in [1.82, 2.24) is 0 Å². The van der Waals surface area contributed by atoms with E-state index in [1.54, 1.807) is 25.1 Å². The lowest BCUT2D eigenvalue weighted by Gasteiger charge is -2.17. The summed E-state index contributed by atoms with van der Waals surface area (Å²) < 4.78 is 0.900. The van der Waals surface area contributed by atoms with Gasteiger partial charge in [0.25, 0.3) is 5.69 Å². The highest BCUT2D eigenvalue weighted by Crippen LogP contribution is 2.30. The lowest BCUT2D eigenvalue weighted by atomic mass is 10.0. The summed E-state index contributed by atoms with van der Waals surface area (Å²) in [5, 5.41) is 14.9. The molecule has 0 aliphatic carbocycles. The van der Waals surface area contributed by atoms with Gasteiger partial charge < -0.3 is 5.32 Å². The van der Waals surface area contributed by atoms with E-state index < -0.39 is 0 Å². The van der Waals surface area contributed by atoms with Crippen molar-refractivity contribution in [2.75, 3.05) is 5.32 Å². The summed E-state index contributed by atoms with van der Waals surface area (Å²) >= 11 is 9.52. The van der Waals surface area contributed by atoms with Gasteiger partial charge in [0.05, 0.1) is 15.6 Å². The third-order valence-electron chi connectivity index (χ3n) is 3.23. The van der Waals surface area contributed by atoms with Crippen LogP contribution in [-0.2, 0) is 0 Å². The van der Waals surface area contributed by atoms with Crippen molar-refractivity contribution in [3.8, 4) is 0 Å². The number of nitrogens with one attached hydrogen (secondary N) is 1. The van der Waals surface area contributed by atoms with E-state index in [1.807, 2.05) is 25.1 Å². The van der Waals surface area contributed by atoms with Crippen molar-refractivity contribution in [3.63, 3.8) is 0 Å². The molecule has 0 saturated heterocycles. The number of anilines is 1. The number of halogens is 2. The normalized spacial score (nSPS) is 12.0. The molecule has 0 bridgehead atoms. The third kappa shape index (κ3) is 3.74. The highest BCUT2D eigenvalue weighted by atomic mass is 79.9. The van der Waals surface area contributed by atoms with Gasteiger partial charge in [0.1, 0.15) is 0 Å². The Morgan fingerprint density at radius 2 is 2.00 bits per heavy atom. The van der Waals surface area contributed by atoms with Gasteiger partial charge >= 0.3 is 0 Å². The number of nitro benzene ring substituents is 1. The van der Waals surface area contributed by atoms with Gasteiger partial charge in [-0.3, -0.25) is 10.1 Å². The number of hydrogen-bond acceptors (Lipinski definition) is 3. The predicted octanol–water partition coefficient (Wildman–Crippen LogP) is 5.49. The molecular weight excluding hydrogens is 356 g/mol. The van der Waals surface area contributed by atoms with Gasteiger partial charge in [0.2, 0.25) is 0 Å². The van der Waals surface area contributed by atoms with Crippen molar-refractivity contribution < 1.29 is 4.92 Å². The molecule has 110 valence electrons. The van der Waals surface area contributed by atoms with Crippen LogP contribution in [0.3, 0.4) is 0 Å². The van der Waals surface area contributed by atoms with Crippen LogP contribution in [0.1, 0.15) is 24.1 Å². The number of rotatable bonds is 4. The summed E-state index contributed by atoms with van der Waals surface area (Å²) in [6.45, 7) is 3.67. The zero-order valence-electron chi connectivity index (χ0n) is 11.6. The lowest BCUT2D eigenvalue weighted by molar-refractivity contribution is -0.385. The highest BCUT2D eigenvalue weighted by molar-refractivity contribution is 9.10. The second kappa shape index (κ2) is 6.45. The van der Waals surface area contributed by atoms with Gasteiger partial charge in [0.15, 0.2) is 0 Å². The minimum absolute atomic E-state index is 0.0945. The minimum Gasteiger partial charge on any atom is -0.377 e. The van der Waals surface area contributed by atoms with E-state index in [1.165, 1.54) is 0 Å². The number of aryl methyl sites for hydroxylation is 1. The van der Waals surface area contributed by atoms with Gasteiger partial charge in [-0.2, -0.15) is 0 Å². The molecule has 0 amide bonds. The minimum atomic E-state index is -0.363. The molecule has 0 spiro atoms. The maximum atomic E-state index is 11.0. The molecule has 1 unspecified atom stereocenters. The molecule has 0 heterocycles. The first-order chi connectivity index (χ1) is 9.88. The van der Waals surface area contributed by atoms with E-state index in [-0.39, 0.29) is 16.7 Å². The van der Waals surface area contributed by atoms with Crippen molar-refractivity contribution in [3.05, 3.63) is 67.1 Å². The Labute approximate surface area is 136 Å². The smallest absolute Gasteiger partial charge is 0.272 e. The average Bonchev–Trinajstić information content (AvgIpc) is 2.42. The van der Waals surface area contributed by atoms with Crippen LogP contribution in [-0.4, -0.2) is 4.92 Å². The summed E-state index contributed by atoms with van der Waals surface area (Å²) in [6, 6.07) is 10.7. The van der Waals surface area contributed by atoms with Crippen molar-refractivity contribution >= 4 is 38.9 Å². The quantitative estimate of drug-likeness (QED) is 0.572. The van der Waals surface area contributed by atoms with E-state index in [0.29, 0.717) is 10.6 Å². The fraction of sp³-hybridized carbons (Fsp3) is 0.200. The zero-order chi connectivity index (χ0) is 15.6. The van der Waals surface area contributed by atoms with Gasteiger partial charge in [-0.25, -0.2) is 0 Å². The Kier molecular flexibility index (Phi) is 4.85. The zero-order valence-corrected chi connectivity index (χ0v) is 13.9. The van der Waals surface area contributed by atoms with Crippen LogP contribution >= 0.6 is 27.5 Å². The van der Waals surface area contributed by atoms with Gasteiger partial charge in [0, 0.05) is 22.1 Å². The summed E-state index contributed by atoms with van der Waals surface area (Å²) in [7, 11) is 0. The Bertz CT molecular complexity index is 691. The SMILES string of the molecule is Cc1ccc(C(C)Nc2ccc(Br)cc2Cl)cc1[N+](=O)[O-]. The third-order valence-corrected chi connectivity index (χ3v) is 4.04. The standard InChI is InChI=1S/C15H14BrClN2O2/c1-9-3-4-11(7-15(9)19(20)21)10(2)18-14-6-5-12(16)8-13(14)17/h3-8,10,18H,1-2H3. The lowest BCUT2D eigenvalue weighted by Crippen LogP contribution is -2.07. The summed E-state index contributed by atoms with van der Waals surface area (Å²) in [4.78, 5) is 10.6. The number of benzene rings is 2. The van der Waals surface area contributed by atoms with Crippen LogP contribution in [0.5, 0.6) is 0 Å². The predicted molar refractivity (Wildman–Crippen MR) is 89.0 cm³/mol. The van der Waals surface area contributed by atoms with Crippen LogP contribution in [0, 0.1) is 17.0 Å². The van der Waals surface area contributed by atoms with Gasteiger partial charge in [-0.1, -0.05) is 39.7 Å². The monoisotopic (exact) mass is 368 g/mol. The molecule has 21 heavy (non-hydrogen) atoms. The molecule has 0 aliphatic rings. The second-order valence-electron chi connectivity index (χ2n) is 4.79. The molecule has 0 aliphatic heterocycles. The number of nitrogens with zero attached hydrogens (tertiary/aromatic N) is 1. The van der Waals surface area contributed by atoms with E-state index in [9.17, 15) is 10.1 Å². The van der Waals surface area contributed by atoms with Crippen LogP contribution in [0.2, 0.25) is 5.02 Å². The Morgan fingerprint density at radius 3 is 2.62 bits per heavy atom. The molecule has 2 aromatic carbocycles. The highest BCUT2D eigenvalue weighted by Gasteiger charge is 2.15. The van der Waals surface area contributed by atoms with Crippen molar-refractivity contribution in [1.29, 1.82) is 0 Å². The topological polar surface area (TPSA) is 55.2 Å². The van der Waals surface area contributed by atoms with Gasteiger partial charge in [-0.15, -0.1) is 0 Å². The fourth-order valence-corrected chi connectivity index (χ4v) is 2.74. The molecule has 4 nitrogen and oxygen atoms in total. The maximum absolute atomic E-state index is 11.0. The Hall–Kier alpha value is -1.59. The Morgan fingerprint density at radius 1 is 1.29 bits per heavy atom.